The number of likely N-dealkylation sites (tertiary alicyclic amines) is 1. The highest BCUT2D eigenvalue weighted by Crippen LogP contribution is 2.60. The molecule has 9 heteroatoms. The number of carbonyl (C=O) groups excluding carboxylic acids is 3. The van der Waals surface area contributed by atoms with Gasteiger partial charge in [-0.15, -0.1) is 6.58 Å². The number of hydrogen-bond acceptors (Lipinski definition) is 6. The van der Waals surface area contributed by atoms with E-state index >= 15 is 0 Å². The van der Waals surface area contributed by atoms with Crippen molar-refractivity contribution in [2.45, 2.75) is 75.1 Å². The fraction of sp³-hybridized carbons (Fsp3) is 0.783. The lowest BCUT2D eigenvalue weighted by atomic mass is 9.70. The molecule has 0 aromatic carbocycles. The first-order valence-corrected chi connectivity index (χ1v) is 12.3. The normalized spacial score (nSPS) is 33.4. The monoisotopic (exact) mass is 514 g/mol. The number of carbonyl (C=O) groups is 3. The smallest absolute Gasteiger partial charge is 0.312 e. The molecule has 3 saturated heterocycles. The second-order valence-electron chi connectivity index (χ2n) is 9.79. The number of ether oxygens (including phenoxy) is 2. The Kier molecular flexibility index (Phi) is 7.42. The van der Waals surface area contributed by atoms with E-state index in [0.29, 0.717) is 32.4 Å². The highest BCUT2D eigenvalue weighted by Gasteiger charge is 2.77. The maximum absolute atomic E-state index is 14.0. The molecule has 3 rings (SSSR count). The van der Waals surface area contributed by atoms with Gasteiger partial charge < -0.3 is 24.4 Å². The van der Waals surface area contributed by atoms with Gasteiger partial charge in [-0.1, -0.05) is 22.0 Å². The quantitative estimate of drug-likeness (QED) is 0.218. The minimum atomic E-state index is -1.09. The standard InChI is InChI=1S/C23H35BrN2O6/c1-6-10-26(22(3,4)5)20(29)18-23-13-14(24)17(32-23)15(21(30)31-7-2)16(23)19(28)25(18)11-8-9-12-27/h6,14-18,27H,1,7-13H2,2-5H3/t14?,15-,16-,17-,18?,23?/m0/s1. The van der Waals surface area contributed by atoms with E-state index in [-0.39, 0.29) is 29.9 Å². The number of hydrogen-bond donors (Lipinski definition) is 1. The Morgan fingerprint density at radius 2 is 2.09 bits per heavy atom. The van der Waals surface area contributed by atoms with Crippen molar-refractivity contribution in [3.05, 3.63) is 12.7 Å². The minimum Gasteiger partial charge on any atom is -0.466 e. The molecule has 0 aliphatic carbocycles. The number of esters is 1. The fourth-order valence-corrected chi connectivity index (χ4v) is 6.46. The van der Waals surface area contributed by atoms with Gasteiger partial charge in [0.25, 0.3) is 0 Å². The summed E-state index contributed by atoms with van der Waals surface area (Å²) in [4.78, 5) is 43.7. The van der Waals surface area contributed by atoms with Gasteiger partial charge in [0.2, 0.25) is 11.8 Å². The molecule has 3 aliphatic rings. The second kappa shape index (κ2) is 9.43. The van der Waals surface area contributed by atoms with Gasteiger partial charge >= 0.3 is 5.97 Å². The first-order chi connectivity index (χ1) is 15.0. The number of nitrogens with zero attached hydrogens (tertiary/aromatic N) is 2. The van der Waals surface area contributed by atoms with Crippen LogP contribution in [0.2, 0.25) is 0 Å². The van der Waals surface area contributed by atoms with Gasteiger partial charge in [-0.25, -0.2) is 0 Å². The van der Waals surface area contributed by atoms with E-state index in [0.717, 1.165) is 0 Å². The van der Waals surface area contributed by atoms with Gasteiger partial charge in [-0.05, 0) is 47.0 Å². The summed E-state index contributed by atoms with van der Waals surface area (Å²) in [5.41, 5.74) is -1.58. The highest BCUT2D eigenvalue weighted by molar-refractivity contribution is 9.09. The van der Waals surface area contributed by atoms with Crippen molar-refractivity contribution in [2.24, 2.45) is 11.8 Å². The second-order valence-corrected chi connectivity index (χ2v) is 11.0. The Balaban J connectivity index is 2.06. The molecule has 0 saturated carbocycles. The molecule has 0 radical (unpaired) electrons. The summed E-state index contributed by atoms with van der Waals surface area (Å²) in [5, 5.41) is 9.24. The molecule has 0 aromatic heterocycles. The minimum absolute atomic E-state index is 0.00724. The summed E-state index contributed by atoms with van der Waals surface area (Å²) in [6, 6.07) is -0.845. The maximum atomic E-state index is 14.0. The lowest BCUT2D eigenvalue weighted by molar-refractivity contribution is -0.155. The highest BCUT2D eigenvalue weighted by atomic mass is 79.9. The van der Waals surface area contributed by atoms with Crippen LogP contribution in [-0.4, -0.2) is 87.1 Å². The number of alkyl halides is 1. The molecule has 32 heavy (non-hydrogen) atoms. The van der Waals surface area contributed by atoms with E-state index in [1.54, 1.807) is 22.8 Å². The van der Waals surface area contributed by atoms with E-state index in [4.69, 9.17) is 9.47 Å². The van der Waals surface area contributed by atoms with Gasteiger partial charge in [0.15, 0.2) is 0 Å². The van der Waals surface area contributed by atoms with Crippen molar-refractivity contribution < 1.29 is 29.0 Å². The Morgan fingerprint density at radius 3 is 2.66 bits per heavy atom. The number of aliphatic hydroxyl groups is 1. The largest absolute Gasteiger partial charge is 0.466 e. The topological polar surface area (TPSA) is 96.4 Å². The third-order valence-electron chi connectivity index (χ3n) is 6.78. The number of unbranched alkanes of at least 4 members (excludes halogenated alkanes) is 1. The van der Waals surface area contributed by atoms with Crippen LogP contribution in [0.1, 0.15) is 47.0 Å². The Labute approximate surface area is 198 Å². The predicted octanol–water partition coefficient (Wildman–Crippen LogP) is 1.88. The van der Waals surface area contributed by atoms with Gasteiger partial charge in [0, 0.05) is 30.1 Å². The zero-order valence-corrected chi connectivity index (χ0v) is 21.0. The van der Waals surface area contributed by atoms with Crippen LogP contribution >= 0.6 is 15.9 Å². The molecule has 3 aliphatic heterocycles. The summed E-state index contributed by atoms with van der Waals surface area (Å²) in [6.45, 7) is 12.2. The molecule has 2 bridgehead atoms. The van der Waals surface area contributed by atoms with E-state index in [1.165, 1.54) is 0 Å². The first kappa shape index (κ1) is 25.2. The zero-order valence-electron chi connectivity index (χ0n) is 19.4. The fourth-order valence-electron chi connectivity index (χ4n) is 5.52. The van der Waals surface area contributed by atoms with E-state index in [2.05, 4.69) is 22.5 Å². The molecule has 3 unspecified atom stereocenters. The van der Waals surface area contributed by atoms with Crippen molar-refractivity contribution in [1.82, 2.24) is 9.80 Å². The number of amides is 2. The summed E-state index contributed by atoms with van der Waals surface area (Å²) < 4.78 is 11.7. The average molecular weight is 515 g/mol. The molecule has 0 aromatic rings. The van der Waals surface area contributed by atoms with Crippen molar-refractivity contribution >= 4 is 33.7 Å². The van der Waals surface area contributed by atoms with Crippen LogP contribution in [0.5, 0.6) is 0 Å². The summed E-state index contributed by atoms with van der Waals surface area (Å²) in [6.07, 6.45) is 2.69. The Bertz CT molecular complexity index is 768. The van der Waals surface area contributed by atoms with Crippen LogP contribution in [0.15, 0.2) is 12.7 Å². The van der Waals surface area contributed by atoms with E-state index in [1.807, 2.05) is 20.8 Å². The predicted molar refractivity (Wildman–Crippen MR) is 122 cm³/mol. The molecule has 3 heterocycles. The zero-order chi connectivity index (χ0) is 23.8. The third kappa shape index (κ3) is 4.01. The molecular formula is C23H35BrN2O6. The van der Waals surface area contributed by atoms with Gasteiger partial charge in [0.05, 0.1) is 24.5 Å². The molecule has 8 nitrogen and oxygen atoms in total. The van der Waals surface area contributed by atoms with Crippen LogP contribution in [0, 0.1) is 11.8 Å². The first-order valence-electron chi connectivity index (χ1n) is 11.4. The van der Waals surface area contributed by atoms with Crippen LogP contribution in [-0.2, 0) is 23.9 Å². The van der Waals surface area contributed by atoms with Gasteiger partial charge in [0.1, 0.15) is 11.6 Å². The van der Waals surface area contributed by atoms with Crippen LogP contribution < -0.4 is 0 Å². The number of halogens is 1. The van der Waals surface area contributed by atoms with E-state index in [9.17, 15) is 19.5 Å². The third-order valence-corrected chi connectivity index (χ3v) is 7.62. The molecule has 3 fully saturated rings. The van der Waals surface area contributed by atoms with Crippen molar-refractivity contribution in [3.8, 4) is 0 Å². The number of aliphatic hydroxyl groups excluding tert-OH is 1. The van der Waals surface area contributed by atoms with Crippen molar-refractivity contribution in [2.75, 3.05) is 26.3 Å². The lowest BCUT2D eigenvalue weighted by Gasteiger charge is -2.42. The molecular weight excluding hydrogens is 480 g/mol. The molecule has 1 N–H and O–H groups in total. The van der Waals surface area contributed by atoms with Gasteiger partial charge in [-0.3, -0.25) is 14.4 Å². The number of fused-ring (bicyclic) bond motifs is 1. The summed E-state index contributed by atoms with van der Waals surface area (Å²) >= 11 is 3.64. The van der Waals surface area contributed by atoms with E-state index < -0.39 is 41.1 Å². The molecule has 180 valence electrons. The SMILES string of the molecule is C=CCN(C(=O)C1N(CCCCO)C(=O)[C@@H]2[C@H](C(=O)OCC)[C@H]3OC12CC3Br)C(C)(C)C. The summed E-state index contributed by atoms with van der Waals surface area (Å²) in [7, 11) is 0. The van der Waals surface area contributed by atoms with Crippen LogP contribution in [0.4, 0.5) is 0 Å². The number of rotatable bonds is 9. The van der Waals surface area contributed by atoms with Gasteiger partial charge in [-0.2, -0.15) is 0 Å². The summed E-state index contributed by atoms with van der Waals surface area (Å²) in [5.74, 6) is -2.41. The Morgan fingerprint density at radius 1 is 1.41 bits per heavy atom. The van der Waals surface area contributed by atoms with Crippen LogP contribution in [0.3, 0.4) is 0 Å². The molecule has 2 amide bonds. The maximum Gasteiger partial charge on any atom is 0.312 e. The average Bonchev–Trinajstić information content (AvgIpc) is 3.29. The lowest BCUT2D eigenvalue weighted by Crippen LogP contribution is -2.60. The Hall–Kier alpha value is -1.45. The van der Waals surface area contributed by atoms with Crippen molar-refractivity contribution in [1.29, 1.82) is 0 Å². The molecule has 6 atom stereocenters. The van der Waals surface area contributed by atoms with Crippen molar-refractivity contribution in [3.63, 3.8) is 0 Å². The van der Waals surface area contributed by atoms with Crippen LogP contribution in [0.25, 0.3) is 0 Å². The molecule has 1 spiro atoms.